The largest absolute Gasteiger partial charge is 0.482 e. The summed E-state index contributed by atoms with van der Waals surface area (Å²) in [6.07, 6.45) is 2.23. The molecule has 0 spiro atoms. The molecule has 1 N–H and O–H groups in total. The second-order valence-electron chi connectivity index (χ2n) is 4.38. The lowest BCUT2D eigenvalue weighted by Gasteiger charge is -2.19. The molecule has 1 heterocycles. The molecule has 0 saturated heterocycles. The van der Waals surface area contributed by atoms with Gasteiger partial charge in [0.2, 0.25) is 0 Å². The van der Waals surface area contributed by atoms with Gasteiger partial charge in [-0.3, -0.25) is 4.79 Å². The van der Waals surface area contributed by atoms with Crippen molar-refractivity contribution in [2.75, 3.05) is 11.9 Å². The van der Waals surface area contributed by atoms with Crippen LogP contribution in [0, 0.1) is 5.92 Å². The highest BCUT2D eigenvalue weighted by Crippen LogP contribution is 2.29. The fraction of sp³-hybridized carbons (Fsp3) is 0.462. The molecular weight excluding hydrogens is 202 g/mol. The van der Waals surface area contributed by atoms with E-state index in [0.717, 1.165) is 17.9 Å². The zero-order valence-electron chi connectivity index (χ0n) is 9.75. The molecule has 1 unspecified atom stereocenters. The van der Waals surface area contributed by atoms with Gasteiger partial charge in [-0.25, -0.2) is 0 Å². The summed E-state index contributed by atoms with van der Waals surface area (Å²) in [5.74, 6) is 1.39. The van der Waals surface area contributed by atoms with Crippen LogP contribution in [0.25, 0.3) is 0 Å². The number of carbonyl (C=O) groups excluding carboxylic acids is 1. The van der Waals surface area contributed by atoms with Crippen molar-refractivity contribution in [1.29, 1.82) is 0 Å². The van der Waals surface area contributed by atoms with E-state index in [-0.39, 0.29) is 12.5 Å². The van der Waals surface area contributed by atoms with Crippen LogP contribution in [0.15, 0.2) is 18.2 Å². The van der Waals surface area contributed by atoms with Crippen molar-refractivity contribution in [2.24, 2.45) is 5.92 Å². The van der Waals surface area contributed by atoms with E-state index in [9.17, 15) is 4.79 Å². The molecule has 16 heavy (non-hydrogen) atoms. The van der Waals surface area contributed by atoms with E-state index < -0.39 is 0 Å². The monoisotopic (exact) mass is 219 g/mol. The van der Waals surface area contributed by atoms with Crippen molar-refractivity contribution in [3.05, 3.63) is 23.8 Å². The van der Waals surface area contributed by atoms with Gasteiger partial charge in [0.1, 0.15) is 5.75 Å². The number of ether oxygens (including phenoxy) is 1. The molecule has 0 aliphatic carbocycles. The highest BCUT2D eigenvalue weighted by molar-refractivity contribution is 5.95. The maximum atomic E-state index is 11.1. The van der Waals surface area contributed by atoms with E-state index in [0.29, 0.717) is 5.92 Å². The molecular formula is C13H17NO2. The molecule has 3 heteroatoms. The highest BCUT2D eigenvalue weighted by atomic mass is 16.5. The van der Waals surface area contributed by atoms with Crippen molar-refractivity contribution in [3.63, 3.8) is 0 Å². The minimum Gasteiger partial charge on any atom is -0.482 e. The van der Waals surface area contributed by atoms with Crippen LogP contribution in [-0.2, 0) is 11.2 Å². The van der Waals surface area contributed by atoms with Crippen LogP contribution in [0.2, 0.25) is 0 Å². The van der Waals surface area contributed by atoms with Crippen LogP contribution in [0.5, 0.6) is 5.75 Å². The minimum absolute atomic E-state index is 0.0813. The Morgan fingerprint density at radius 3 is 3.06 bits per heavy atom. The van der Waals surface area contributed by atoms with Crippen molar-refractivity contribution >= 4 is 11.6 Å². The fourth-order valence-corrected chi connectivity index (χ4v) is 1.79. The highest BCUT2D eigenvalue weighted by Gasteiger charge is 2.16. The standard InChI is InChI=1S/C13H17NO2/c1-3-9(2)6-10-4-5-11-12(7-10)16-8-13(15)14-11/h4-5,7,9H,3,6,8H2,1-2H3,(H,14,15). The van der Waals surface area contributed by atoms with Crippen LogP contribution in [-0.4, -0.2) is 12.5 Å². The number of rotatable bonds is 3. The molecule has 1 aliphatic heterocycles. The van der Waals surface area contributed by atoms with E-state index in [1.54, 1.807) is 0 Å². The van der Waals surface area contributed by atoms with Gasteiger partial charge in [-0.1, -0.05) is 26.3 Å². The molecule has 2 rings (SSSR count). The summed E-state index contributed by atoms with van der Waals surface area (Å²) in [6.45, 7) is 4.56. The summed E-state index contributed by atoms with van der Waals surface area (Å²) >= 11 is 0. The third kappa shape index (κ3) is 2.35. The number of amides is 1. The van der Waals surface area contributed by atoms with E-state index in [1.807, 2.05) is 12.1 Å². The van der Waals surface area contributed by atoms with E-state index in [4.69, 9.17) is 4.74 Å². The van der Waals surface area contributed by atoms with Gasteiger partial charge >= 0.3 is 0 Å². The molecule has 3 nitrogen and oxygen atoms in total. The maximum absolute atomic E-state index is 11.1. The SMILES string of the molecule is CCC(C)Cc1ccc2c(c1)OCC(=O)N2. The predicted octanol–water partition coefficient (Wildman–Crippen LogP) is 2.61. The summed E-state index contributed by atoms with van der Waals surface area (Å²) < 4.78 is 5.38. The molecule has 0 saturated carbocycles. The zero-order valence-corrected chi connectivity index (χ0v) is 9.75. The molecule has 1 aromatic carbocycles. The van der Waals surface area contributed by atoms with Crippen molar-refractivity contribution in [3.8, 4) is 5.75 Å². The number of carbonyl (C=O) groups is 1. The molecule has 0 aromatic heterocycles. The first-order chi connectivity index (χ1) is 7.69. The first kappa shape index (κ1) is 11.0. The molecule has 0 radical (unpaired) electrons. The van der Waals surface area contributed by atoms with Crippen LogP contribution in [0.3, 0.4) is 0 Å². The second-order valence-corrected chi connectivity index (χ2v) is 4.38. The lowest BCUT2D eigenvalue weighted by atomic mass is 9.98. The van der Waals surface area contributed by atoms with E-state index in [1.165, 1.54) is 12.0 Å². The Labute approximate surface area is 95.8 Å². The summed E-state index contributed by atoms with van der Waals surface area (Å²) in [5.41, 5.74) is 2.05. The Balaban J connectivity index is 2.16. The quantitative estimate of drug-likeness (QED) is 0.848. The Morgan fingerprint density at radius 2 is 2.31 bits per heavy atom. The predicted molar refractivity (Wildman–Crippen MR) is 63.7 cm³/mol. The first-order valence-electron chi connectivity index (χ1n) is 5.74. The van der Waals surface area contributed by atoms with E-state index in [2.05, 4.69) is 25.2 Å². The Kier molecular flexibility index (Phi) is 3.13. The van der Waals surface area contributed by atoms with Crippen molar-refractivity contribution in [2.45, 2.75) is 26.7 Å². The van der Waals surface area contributed by atoms with E-state index >= 15 is 0 Å². The molecule has 0 fully saturated rings. The first-order valence-corrected chi connectivity index (χ1v) is 5.74. The average molecular weight is 219 g/mol. The topological polar surface area (TPSA) is 38.3 Å². The molecule has 1 amide bonds. The van der Waals surface area contributed by atoms with Gasteiger partial charge in [0.25, 0.3) is 5.91 Å². The summed E-state index contributed by atoms with van der Waals surface area (Å²) in [5, 5.41) is 2.79. The Hall–Kier alpha value is -1.51. The summed E-state index contributed by atoms with van der Waals surface area (Å²) in [4.78, 5) is 11.1. The molecule has 1 atom stereocenters. The van der Waals surface area contributed by atoms with Crippen molar-refractivity contribution < 1.29 is 9.53 Å². The van der Waals surface area contributed by atoms with Gasteiger partial charge in [0.05, 0.1) is 5.69 Å². The van der Waals surface area contributed by atoms with Crippen LogP contribution in [0.1, 0.15) is 25.8 Å². The van der Waals surface area contributed by atoms with Gasteiger partial charge in [0, 0.05) is 0 Å². The van der Waals surface area contributed by atoms with Gasteiger partial charge in [0.15, 0.2) is 6.61 Å². The zero-order chi connectivity index (χ0) is 11.5. The van der Waals surface area contributed by atoms with Gasteiger partial charge in [-0.05, 0) is 30.0 Å². The fourth-order valence-electron chi connectivity index (χ4n) is 1.79. The molecule has 1 aromatic rings. The number of hydrogen-bond donors (Lipinski definition) is 1. The average Bonchev–Trinajstić information content (AvgIpc) is 2.29. The second kappa shape index (κ2) is 4.56. The molecule has 0 bridgehead atoms. The van der Waals surface area contributed by atoms with Crippen molar-refractivity contribution in [1.82, 2.24) is 0 Å². The lowest BCUT2D eigenvalue weighted by Crippen LogP contribution is -2.25. The third-order valence-corrected chi connectivity index (χ3v) is 2.96. The summed E-state index contributed by atoms with van der Waals surface area (Å²) in [6, 6.07) is 6.00. The number of fused-ring (bicyclic) bond motifs is 1. The maximum Gasteiger partial charge on any atom is 0.262 e. The lowest BCUT2D eigenvalue weighted by molar-refractivity contribution is -0.118. The smallest absolute Gasteiger partial charge is 0.262 e. The van der Waals surface area contributed by atoms with Gasteiger partial charge in [-0.15, -0.1) is 0 Å². The van der Waals surface area contributed by atoms with Crippen LogP contribution in [0.4, 0.5) is 5.69 Å². The Bertz CT molecular complexity index is 401. The molecule has 86 valence electrons. The minimum atomic E-state index is -0.0813. The normalized spacial score (nSPS) is 16.0. The number of anilines is 1. The number of hydrogen-bond acceptors (Lipinski definition) is 2. The Morgan fingerprint density at radius 1 is 1.50 bits per heavy atom. The number of nitrogens with one attached hydrogen (secondary N) is 1. The van der Waals surface area contributed by atoms with Gasteiger partial charge in [-0.2, -0.15) is 0 Å². The summed E-state index contributed by atoms with van der Waals surface area (Å²) in [7, 11) is 0. The van der Waals surface area contributed by atoms with Crippen LogP contribution >= 0.6 is 0 Å². The van der Waals surface area contributed by atoms with Crippen LogP contribution < -0.4 is 10.1 Å². The van der Waals surface area contributed by atoms with Gasteiger partial charge < -0.3 is 10.1 Å². The molecule has 1 aliphatic rings. The third-order valence-electron chi connectivity index (χ3n) is 2.96. The number of benzene rings is 1.